The van der Waals surface area contributed by atoms with Gasteiger partial charge in [0.15, 0.2) is 0 Å². The Balaban J connectivity index is 1.44. The second-order valence-electron chi connectivity index (χ2n) is 10.9. The Morgan fingerprint density at radius 2 is 1.73 bits per heavy atom. The third-order valence-electron chi connectivity index (χ3n) is 7.76. The highest BCUT2D eigenvalue weighted by Gasteiger charge is 2.36. The number of amides is 2. The minimum Gasteiger partial charge on any atom is -0.465 e. The Labute approximate surface area is 244 Å². The molecule has 4 rings (SSSR count). The number of nitrogens with zero attached hydrogens (tertiary/aromatic N) is 1. The average molecular weight is 585 g/mol. The quantitative estimate of drug-likeness (QED) is 0.122. The molecule has 1 aliphatic carbocycles. The molecule has 0 unspecified atom stereocenters. The highest BCUT2D eigenvalue weighted by atomic mass is 32.1. The summed E-state index contributed by atoms with van der Waals surface area (Å²) in [6.45, 7) is 0.467. The van der Waals surface area contributed by atoms with Gasteiger partial charge in [0.25, 0.3) is 0 Å². The van der Waals surface area contributed by atoms with Crippen LogP contribution in [0, 0.1) is 0 Å². The number of fused-ring (bicyclic) bond motifs is 1. The van der Waals surface area contributed by atoms with E-state index in [0.29, 0.717) is 36.5 Å². The molecule has 5 N–H and O–H groups in total. The Morgan fingerprint density at radius 1 is 1.02 bits per heavy atom. The number of carbonyl (C=O) groups excluding carboxylic acids is 1. The molecule has 1 fully saturated rings. The van der Waals surface area contributed by atoms with Crippen LogP contribution in [0.3, 0.4) is 0 Å². The van der Waals surface area contributed by atoms with Crippen LogP contribution >= 0.6 is 12.2 Å². The number of aromatic nitrogens is 1. The molecule has 0 saturated heterocycles. The van der Waals surface area contributed by atoms with Crippen molar-refractivity contribution in [2.45, 2.75) is 82.6 Å². The number of anilines is 1. The van der Waals surface area contributed by atoms with E-state index in [0.717, 1.165) is 66.1 Å². The van der Waals surface area contributed by atoms with Crippen molar-refractivity contribution in [3.05, 3.63) is 54.2 Å². The number of nitrogens with one attached hydrogen (secondary N) is 2. The molecule has 0 atom stereocenters. The normalized spacial score (nSPS) is 15.1. The van der Waals surface area contributed by atoms with Crippen LogP contribution in [0.4, 0.5) is 19.3 Å². The molecule has 0 bridgehead atoms. The molecule has 0 spiro atoms. The van der Waals surface area contributed by atoms with Crippen molar-refractivity contribution in [3.63, 3.8) is 0 Å². The molecule has 10 heteroatoms. The van der Waals surface area contributed by atoms with E-state index in [1.165, 1.54) is 0 Å². The number of nitrogens with two attached hydrogens (primary N) is 1. The number of hydrogen-bond acceptors (Lipinski definition) is 3. The van der Waals surface area contributed by atoms with Crippen LogP contribution in [0.2, 0.25) is 0 Å². The first-order valence-electron chi connectivity index (χ1n) is 14.3. The lowest BCUT2D eigenvalue weighted by atomic mass is 9.92. The summed E-state index contributed by atoms with van der Waals surface area (Å²) in [7, 11) is 0. The van der Waals surface area contributed by atoms with Gasteiger partial charge in [0.1, 0.15) is 4.99 Å². The van der Waals surface area contributed by atoms with E-state index in [9.17, 15) is 18.4 Å². The van der Waals surface area contributed by atoms with Crippen LogP contribution in [0.1, 0.15) is 82.2 Å². The standard InChI is InChI=1S/C31H38F2N4O3S/c32-31(33)15-13-24(14-16-31)37-20-26(21-8-7-9-22(18-21)29(34)41)25-12-11-23(19-27(25)37)36-28(38)10-5-3-1-2-4-6-17-35-30(39)40/h7-9,11-12,18-20,24,35H,1-6,10,13-17H2,(H2,34,41)(H,36,38)(H,39,40). The van der Waals surface area contributed by atoms with E-state index in [1.807, 2.05) is 48.7 Å². The molecule has 7 nitrogen and oxygen atoms in total. The number of carboxylic acid groups (broad SMARTS) is 1. The SMILES string of the molecule is NC(=S)c1cccc(-c2cn(C3CCC(F)(F)CC3)c3cc(NC(=O)CCCCCCCCNC(=O)O)ccc23)c1. The van der Waals surface area contributed by atoms with Crippen molar-refractivity contribution < 1.29 is 23.5 Å². The van der Waals surface area contributed by atoms with E-state index in [2.05, 4.69) is 15.2 Å². The summed E-state index contributed by atoms with van der Waals surface area (Å²) in [6.07, 6.45) is 7.42. The van der Waals surface area contributed by atoms with Crippen LogP contribution < -0.4 is 16.4 Å². The predicted octanol–water partition coefficient (Wildman–Crippen LogP) is 7.63. The van der Waals surface area contributed by atoms with Gasteiger partial charge in [-0.05, 0) is 49.4 Å². The number of unbranched alkanes of at least 4 members (excludes halogenated alkanes) is 5. The maximum absolute atomic E-state index is 13.9. The first kappa shape index (κ1) is 30.4. The smallest absolute Gasteiger partial charge is 0.404 e. The topological polar surface area (TPSA) is 109 Å². The lowest BCUT2D eigenvalue weighted by molar-refractivity contribution is -0.116. The van der Waals surface area contributed by atoms with Gasteiger partial charge in [-0.15, -0.1) is 0 Å². The van der Waals surface area contributed by atoms with Crippen molar-refractivity contribution in [1.29, 1.82) is 0 Å². The third-order valence-corrected chi connectivity index (χ3v) is 8.00. The number of rotatable bonds is 13. The van der Waals surface area contributed by atoms with Crippen molar-refractivity contribution in [2.75, 3.05) is 11.9 Å². The van der Waals surface area contributed by atoms with E-state index >= 15 is 0 Å². The van der Waals surface area contributed by atoms with Gasteiger partial charge in [-0.3, -0.25) is 4.79 Å². The van der Waals surface area contributed by atoms with Gasteiger partial charge in [0.05, 0.1) is 5.52 Å². The number of carbonyl (C=O) groups is 2. The summed E-state index contributed by atoms with van der Waals surface area (Å²) in [5.41, 5.74) is 10.1. The lowest BCUT2D eigenvalue weighted by Gasteiger charge is -2.29. The number of halogens is 2. The van der Waals surface area contributed by atoms with Gasteiger partial charge < -0.3 is 26.0 Å². The van der Waals surface area contributed by atoms with Gasteiger partial charge in [-0.2, -0.15) is 0 Å². The molecule has 1 aromatic heterocycles. The van der Waals surface area contributed by atoms with Crippen LogP contribution in [0.5, 0.6) is 0 Å². The van der Waals surface area contributed by atoms with Crippen LogP contribution in [0.25, 0.3) is 22.0 Å². The highest BCUT2D eigenvalue weighted by Crippen LogP contribution is 2.42. The van der Waals surface area contributed by atoms with Gasteiger partial charge in [0, 0.05) is 60.2 Å². The zero-order valence-corrected chi connectivity index (χ0v) is 24.0. The number of alkyl halides is 2. The molecule has 1 saturated carbocycles. The molecule has 220 valence electrons. The van der Waals surface area contributed by atoms with Crippen molar-refractivity contribution in [3.8, 4) is 11.1 Å². The maximum Gasteiger partial charge on any atom is 0.404 e. The summed E-state index contributed by atoms with van der Waals surface area (Å²) in [5, 5.41) is 14.9. The van der Waals surface area contributed by atoms with E-state index in [1.54, 1.807) is 0 Å². The minimum atomic E-state index is -2.62. The molecule has 41 heavy (non-hydrogen) atoms. The Kier molecular flexibility index (Phi) is 10.3. The predicted molar refractivity (Wildman–Crippen MR) is 163 cm³/mol. The van der Waals surface area contributed by atoms with Crippen molar-refractivity contribution in [1.82, 2.24) is 9.88 Å². The summed E-state index contributed by atoms with van der Waals surface area (Å²) in [4.78, 5) is 23.4. The maximum atomic E-state index is 13.9. The minimum absolute atomic E-state index is 0.0597. The summed E-state index contributed by atoms with van der Waals surface area (Å²) in [6, 6.07) is 13.4. The van der Waals surface area contributed by atoms with Gasteiger partial charge in [-0.1, -0.05) is 62.2 Å². The largest absolute Gasteiger partial charge is 0.465 e. The Bertz CT molecular complexity index is 1380. The molecular weight excluding hydrogens is 546 g/mol. The fourth-order valence-corrected chi connectivity index (χ4v) is 5.67. The average Bonchev–Trinajstić information content (AvgIpc) is 3.31. The van der Waals surface area contributed by atoms with E-state index in [-0.39, 0.29) is 24.8 Å². The Morgan fingerprint density at radius 3 is 2.44 bits per heavy atom. The highest BCUT2D eigenvalue weighted by molar-refractivity contribution is 7.80. The zero-order valence-electron chi connectivity index (χ0n) is 23.1. The summed E-state index contributed by atoms with van der Waals surface area (Å²) in [5.74, 6) is -2.68. The molecule has 1 heterocycles. The first-order valence-corrected chi connectivity index (χ1v) is 14.7. The lowest BCUT2D eigenvalue weighted by Crippen LogP contribution is -2.26. The van der Waals surface area contributed by atoms with Gasteiger partial charge >= 0.3 is 6.09 Å². The second-order valence-corrected chi connectivity index (χ2v) is 11.3. The van der Waals surface area contributed by atoms with Gasteiger partial charge in [-0.25, -0.2) is 13.6 Å². The molecular formula is C31H38F2N4O3S. The van der Waals surface area contributed by atoms with Crippen molar-refractivity contribution in [2.24, 2.45) is 5.73 Å². The van der Waals surface area contributed by atoms with Gasteiger partial charge in [0.2, 0.25) is 11.8 Å². The number of benzene rings is 2. The van der Waals surface area contributed by atoms with Crippen LogP contribution in [0.15, 0.2) is 48.7 Å². The van der Waals surface area contributed by atoms with Crippen LogP contribution in [-0.4, -0.2) is 39.1 Å². The zero-order chi connectivity index (χ0) is 29.4. The molecule has 0 radical (unpaired) electrons. The first-order chi connectivity index (χ1) is 19.6. The van der Waals surface area contributed by atoms with E-state index in [4.69, 9.17) is 23.1 Å². The fourth-order valence-electron chi connectivity index (χ4n) is 5.54. The summed E-state index contributed by atoms with van der Waals surface area (Å²) >= 11 is 5.17. The molecule has 0 aliphatic heterocycles. The van der Waals surface area contributed by atoms with Crippen LogP contribution in [-0.2, 0) is 4.79 Å². The second kappa shape index (κ2) is 13.9. The van der Waals surface area contributed by atoms with E-state index < -0.39 is 12.0 Å². The number of thiocarbonyl (C=S) groups is 1. The third kappa shape index (κ3) is 8.48. The molecule has 3 aromatic rings. The molecule has 2 amide bonds. The fraction of sp³-hybridized carbons (Fsp3) is 0.452. The molecule has 1 aliphatic rings. The monoisotopic (exact) mass is 584 g/mol. The molecule has 2 aromatic carbocycles. The number of hydrogen-bond donors (Lipinski definition) is 4. The Hall–Kier alpha value is -3.53. The van der Waals surface area contributed by atoms with Crippen molar-refractivity contribution >= 4 is 45.8 Å². The summed E-state index contributed by atoms with van der Waals surface area (Å²) < 4.78 is 30.0.